The van der Waals surface area contributed by atoms with Crippen LogP contribution in [0.15, 0.2) is 71.9 Å². The summed E-state index contributed by atoms with van der Waals surface area (Å²) in [6.45, 7) is 3.00. The Kier molecular flexibility index (Phi) is 7.95. The highest BCUT2D eigenvalue weighted by atomic mass is 32.2. The molecule has 0 bridgehead atoms. The van der Waals surface area contributed by atoms with E-state index in [0.29, 0.717) is 35.8 Å². The number of carbonyl (C=O) groups excluding carboxylic acids is 1. The van der Waals surface area contributed by atoms with E-state index in [0.717, 1.165) is 36.2 Å². The summed E-state index contributed by atoms with van der Waals surface area (Å²) < 4.78 is 60.9. The molecule has 212 valence electrons. The minimum Gasteiger partial charge on any atom is -0.480 e. The van der Waals surface area contributed by atoms with Crippen LogP contribution in [-0.4, -0.2) is 74.4 Å². The number of nitrogens with one attached hydrogen (secondary N) is 1. The Hall–Kier alpha value is -4.42. The minimum atomic E-state index is -4.43. The molecule has 1 amide bonds. The summed E-state index contributed by atoms with van der Waals surface area (Å²) in [7, 11) is -1.08. The van der Waals surface area contributed by atoms with Crippen molar-refractivity contribution < 1.29 is 26.7 Å². The first-order valence-corrected chi connectivity index (χ1v) is 14.2. The van der Waals surface area contributed by atoms with Gasteiger partial charge >= 0.3 is 0 Å². The average Bonchev–Trinajstić information content (AvgIpc) is 2.95. The van der Waals surface area contributed by atoms with Crippen LogP contribution in [0.4, 0.5) is 14.5 Å². The summed E-state index contributed by atoms with van der Waals surface area (Å²) in [5.41, 5.74) is 2.69. The molecular formula is C29H27F2N5O4S. The lowest BCUT2D eigenvalue weighted by Gasteiger charge is -2.31. The fourth-order valence-electron chi connectivity index (χ4n) is 4.52. The van der Waals surface area contributed by atoms with E-state index in [1.54, 1.807) is 24.4 Å². The number of benzene rings is 2. The number of hydrogen-bond donors (Lipinski definition) is 1. The molecule has 0 unspecified atom stereocenters. The monoisotopic (exact) mass is 579 g/mol. The van der Waals surface area contributed by atoms with E-state index in [4.69, 9.17) is 4.74 Å². The molecule has 1 aliphatic rings. The molecule has 5 rings (SSSR count). The van der Waals surface area contributed by atoms with Crippen LogP contribution < -0.4 is 9.46 Å². The standard InChI is InChI=1S/C29H27F2N5O4S/c1-35-11-13-36(14-12-35)28(37)8-4-19-9-10-32-25-6-3-20(15-23(19)25)21-16-26(29(40-2)33-18-21)34-41(38,39)27-7-5-22(30)17-24(27)31/h3-10,15-18,34H,11-14H2,1-2H3/b8-4+. The van der Waals surface area contributed by atoms with Crippen LogP contribution in [0.3, 0.4) is 0 Å². The van der Waals surface area contributed by atoms with Crippen molar-refractivity contribution in [2.24, 2.45) is 0 Å². The Morgan fingerprint density at radius 2 is 1.78 bits per heavy atom. The molecule has 9 nitrogen and oxygen atoms in total. The molecule has 2 aromatic carbocycles. The number of aromatic nitrogens is 2. The fourth-order valence-corrected chi connectivity index (χ4v) is 5.63. The van der Waals surface area contributed by atoms with E-state index in [1.807, 2.05) is 30.1 Å². The molecule has 1 fully saturated rings. The molecule has 4 aromatic rings. The van der Waals surface area contributed by atoms with Crippen LogP contribution in [0.2, 0.25) is 0 Å². The molecule has 2 aromatic heterocycles. The molecule has 0 radical (unpaired) electrons. The maximum Gasteiger partial charge on any atom is 0.264 e. The number of anilines is 1. The van der Waals surface area contributed by atoms with Gasteiger partial charge < -0.3 is 14.5 Å². The van der Waals surface area contributed by atoms with Gasteiger partial charge in [0, 0.05) is 61.7 Å². The highest BCUT2D eigenvalue weighted by Gasteiger charge is 2.22. The Labute approximate surface area is 236 Å². The number of fused-ring (bicyclic) bond motifs is 1. The predicted octanol–water partition coefficient (Wildman–Crippen LogP) is 4.17. The number of ether oxygens (including phenoxy) is 1. The van der Waals surface area contributed by atoms with E-state index < -0.39 is 26.6 Å². The number of methoxy groups -OCH3 is 1. The molecule has 0 spiro atoms. The normalized spacial score (nSPS) is 14.5. The first kappa shape index (κ1) is 28.1. The number of pyridine rings is 2. The van der Waals surface area contributed by atoms with E-state index in [2.05, 4.69) is 19.6 Å². The molecule has 1 N–H and O–H groups in total. The second kappa shape index (κ2) is 11.6. The number of sulfonamides is 1. The van der Waals surface area contributed by atoms with Crippen LogP contribution >= 0.6 is 0 Å². The van der Waals surface area contributed by atoms with Gasteiger partial charge in [0.15, 0.2) is 0 Å². The van der Waals surface area contributed by atoms with Gasteiger partial charge in [-0.05, 0) is 60.6 Å². The van der Waals surface area contributed by atoms with Crippen molar-refractivity contribution in [1.29, 1.82) is 0 Å². The van der Waals surface area contributed by atoms with Crippen molar-refractivity contribution in [3.8, 4) is 17.0 Å². The topological polar surface area (TPSA) is 105 Å². The predicted molar refractivity (Wildman–Crippen MR) is 152 cm³/mol. The highest BCUT2D eigenvalue weighted by Crippen LogP contribution is 2.32. The fraction of sp³-hybridized carbons (Fsp3) is 0.207. The van der Waals surface area contributed by atoms with Crippen LogP contribution in [0.5, 0.6) is 5.88 Å². The van der Waals surface area contributed by atoms with Gasteiger partial charge in [-0.3, -0.25) is 14.5 Å². The lowest BCUT2D eigenvalue weighted by molar-refractivity contribution is -0.127. The van der Waals surface area contributed by atoms with Crippen molar-refractivity contribution >= 4 is 38.6 Å². The molecular weight excluding hydrogens is 552 g/mol. The maximum atomic E-state index is 14.3. The van der Waals surface area contributed by atoms with Crippen molar-refractivity contribution in [1.82, 2.24) is 19.8 Å². The Morgan fingerprint density at radius 3 is 2.51 bits per heavy atom. The summed E-state index contributed by atoms with van der Waals surface area (Å²) in [4.78, 5) is 24.7. The van der Waals surface area contributed by atoms with Gasteiger partial charge in [-0.25, -0.2) is 22.2 Å². The molecule has 0 atom stereocenters. The van der Waals surface area contributed by atoms with Crippen molar-refractivity contribution in [3.05, 3.63) is 84.2 Å². The first-order chi connectivity index (χ1) is 19.6. The molecule has 1 saturated heterocycles. The summed E-state index contributed by atoms with van der Waals surface area (Å²) >= 11 is 0. The maximum absolute atomic E-state index is 14.3. The van der Waals surface area contributed by atoms with E-state index in [-0.39, 0.29) is 17.5 Å². The van der Waals surface area contributed by atoms with Crippen LogP contribution in [0, 0.1) is 11.6 Å². The van der Waals surface area contributed by atoms with Crippen LogP contribution in [-0.2, 0) is 14.8 Å². The van der Waals surface area contributed by atoms with Gasteiger partial charge in [0.2, 0.25) is 11.8 Å². The molecule has 12 heteroatoms. The summed E-state index contributed by atoms with van der Waals surface area (Å²) in [6.07, 6.45) is 6.50. The Bertz CT molecular complexity index is 1760. The summed E-state index contributed by atoms with van der Waals surface area (Å²) in [6, 6.07) is 11.0. The smallest absolute Gasteiger partial charge is 0.264 e. The van der Waals surface area contributed by atoms with Crippen LogP contribution in [0.25, 0.3) is 28.1 Å². The van der Waals surface area contributed by atoms with E-state index >= 15 is 0 Å². The van der Waals surface area contributed by atoms with E-state index in [1.165, 1.54) is 19.4 Å². The van der Waals surface area contributed by atoms with Crippen molar-refractivity contribution in [3.63, 3.8) is 0 Å². The number of amides is 1. The van der Waals surface area contributed by atoms with Gasteiger partial charge in [-0.15, -0.1) is 0 Å². The molecule has 1 aliphatic heterocycles. The quantitative estimate of drug-likeness (QED) is 0.328. The number of likely N-dealkylation sites (N-methyl/N-ethyl adjacent to an activating group) is 1. The number of carbonyl (C=O) groups is 1. The summed E-state index contributed by atoms with van der Waals surface area (Å²) in [5.74, 6) is -2.22. The molecule has 0 aliphatic carbocycles. The van der Waals surface area contributed by atoms with Gasteiger partial charge in [0.25, 0.3) is 10.0 Å². The third-order valence-electron chi connectivity index (χ3n) is 6.80. The van der Waals surface area contributed by atoms with Gasteiger partial charge in [0.05, 0.1) is 12.6 Å². The number of halogens is 2. The third-order valence-corrected chi connectivity index (χ3v) is 8.20. The number of hydrogen-bond acceptors (Lipinski definition) is 7. The average molecular weight is 580 g/mol. The lowest BCUT2D eigenvalue weighted by Crippen LogP contribution is -2.46. The molecule has 3 heterocycles. The van der Waals surface area contributed by atoms with Gasteiger partial charge in [0.1, 0.15) is 22.2 Å². The lowest BCUT2D eigenvalue weighted by atomic mass is 10.0. The SMILES string of the molecule is COc1ncc(-c2ccc3nccc(/C=C/C(=O)N4CCN(C)CC4)c3c2)cc1NS(=O)(=O)c1ccc(F)cc1F. The van der Waals surface area contributed by atoms with E-state index in [9.17, 15) is 22.0 Å². The first-order valence-electron chi connectivity index (χ1n) is 12.7. The zero-order valence-corrected chi connectivity index (χ0v) is 23.2. The zero-order chi connectivity index (χ0) is 29.1. The largest absolute Gasteiger partial charge is 0.480 e. The number of piperazine rings is 1. The Morgan fingerprint density at radius 1 is 1.00 bits per heavy atom. The second-order valence-corrected chi connectivity index (χ2v) is 11.2. The second-order valence-electron chi connectivity index (χ2n) is 9.56. The van der Waals surface area contributed by atoms with Crippen molar-refractivity contribution in [2.45, 2.75) is 4.90 Å². The number of rotatable bonds is 7. The Balaban J connectivity index is 1.46. The van der Waals surface area contributed by atoms with Gasteiger partial charge in [-0.1, -0.05) is 6.07 Å². The van der Waals surface area contributed by atoms with Crippen molar-refractivity contribution in [2.75, 3.05) is 45.1 Å². The minimum absolute atomic E-state index is 0.0297. The molecule has 41 heavy (non-hydrogen) atoms. The van der Waals surface area contributed by atoms with Gasteiger partial charge in [-0.2, -0.15) is 0 Å². The number of nitrogens with zero attached hydrogens (tertiary/aromatic N) is 4. The third kappa shape index (κ3) is 6.18. The van der Waals surface area contributed by atoms with Crippen LogP contribution in [0.1, 0.15) is 5.56 Å². The highest BCUT2D eigenvalue weighted by molar-refractivity contribution is 7.92. The molecule has 0 saturated carbocycles. The summed E-state index contributed by atoms with van der Waals surface area (Å²) in [5, 5.41) is 0.777. The zero-order valence-electron chi connectivity index (χ0n) is 22.3.